The smallest absolute Gasteiger partial charge is 0.195 e. The molecule has 22 heavy (non-hydrogen) atoms. The molecule has 0 spiro atoms. The summed E-state index contributed by atoms with van der Waals surface area (Å²) in [4.78, 5) is 16.0. The van der Waals surface area contributed by atoms with Crippen LogP contribution in [0.4, 0.5) is 5.69 Å². The second-order valence-electron chi connectivity index (χ2n) is 5.35. The van der Waals surface area contributed by atoms with Crippen LogP contribution in [0.1, 0.15) is 28.9 Å². The average Bonchev–Trinajstić information content (AvgIpc) is 3.03. The normalized spacial score (nSPS) is 22.9. The highest BCUT2D eigenvalue weighted by Crippen LogP contribution is 2.50. The Morgan fingerprint density at radius 2 is 1.86 bits per heavy atom. The number of hydrogen-bond acceptors (Lipinski definition) is 4. The van der Waals surface area contributed by atoms with Crippen LogP contribution in [0.15, 0.2) is 64.0 Å². The zero-order chi connectivity index (χ0) is 15.3. The number of thioether (sulfide) groups is 1. The summed E-state index contributed by atoms with van der Waals surface area (Å²) in [5.74, 6) is -0.0585. The lowest BCUT2D eigenvalue weighted by molar-refractivity contribution is 0.101. The van der Waals surface area contributed by atoms with Crippen LogP contribution >= 0.6 is 11.8 Å². The van der Waals surface area contributed by atoms with Crippen molar-refractivity contribution >= 4 is 23.2 Å². The van der Waals surface area contributed by atoms with Crippen molar-refractivity contribution in [3.63, 3.8) is 0 Å². The van der Waals surface area contributed by atoms with Gasteiger partial charge in [0.05, 0.1) is 16.3 Å². The molecule has 0 aromatic heterocycles. The molecule has 2 aliphatic rings. The Morgan fingerprint density at radius 3 is 2.64 bits per heavy atom. The highest BCUT2D eigenvalue weighted by atomic mass is 32.2. The summed E-state index contributed by atoms with van der Waals surface area (Å²) < 4.78 is 0. The highest BCUT2D eigenvalue weighted by Gasteiger charge is 2.39. The molecule has 2 aromatic carbocycles. The van der Waals surface area contributed by atoms with Crippen molar-refractivity contribution in [3.05, 3.63) is 70.3 Å². The van der Waals surface area contributed by atoms with Crippen LogP contribution in [0.25, 0.3) is 0 Å². The molecule has 0 fully saturated rings. The van der Waals surface area contributed by atoms with Crippen molar-refractivity contribution in [2.75, 3.05) is 11.4 Å². The first-order valence-electron chi connectivity index (χ1n) is 7.32. The zero-order valence-electron chi connectivity index (χ0n) is 12.1. The number of anilines is 1. The molecule has 1 heterocycles. The van der Waals surface area contributed by atoms with Crippen LogP contribution in [-0.4, -0.2) is 17.4 Å². The lowest BCUT2D eigenvalue weighted by Gasteiger charge is -2.20. The van der Waals surface area contributed by atoms with Crippen molar-refractivity contribution < 1.29 is 9.90 Å². The Hall–Kier alpha value is -2.04. The zero-order valence-corrected chi connectivity index (χ0v) is 12.9. The number of hydrogen-bond donors (Lipinski definition) is 1. The van der Waals surface area contributed by atoms with Gasteiger partial charge in [-0.1, -0.05) is 48.2 Å². The molecule has 1 aliphatic carbocycles. The van der Waals surface area contributed by atoms with Crippen molar-refractivity contribution in [2.45, 2.75) is 17.9 Å². The molecule has 2 aromatic rings. The van der Waals surface area contributed by atoms with E-state index in [0.29, 0.717) is 16.7 Å². The lowest BCUT2D eigenvalue weighted by Crippen LogP contribution is -2.20. The van der Waals surface area contributed by atoms with Gasteiger partial charge in [0.15, 0.2) is 5.78 Å². The van der Waals surface area contributed by atoms with E-state index in [1.54, 1.807) is 17.8 Å². The number of Topliss-reactive ketones (excluding diaryl/α,β-unsaturated/α-hetero) is 1. The van der Waals surface area contributed by atoms with Gasteiger partial charge in [-0.05, 0) is 24.6 Å². The van der Waals surface area contributed by atoms with Gasteiger partial charge in [0.1, 0.15) is 6.10 Å². The predicted octanol–water partition coefficient (Wildman–Crippen LogP) is 3.76. The molecule has 3 nitrogen and oxygen atoms in total. The third kappa shape index (κ3) is 1.77. The maximum absolute atomic E-state index is 12.7. The molecule has 4 rings (SSSR count). The van der Waals surface area contributed by atoms with Gasteiger partial charge < -0.3 is 10.0 Å². The Kier molecular flexibility index (Phi) is 3.10. The quantitative estimate of drug-likeness (QED) is 0.814. The third-order valence-electron chi connectivity index (χ3n) is 4.17. The van der Waals surface area contributed by atoms with Gasteiger partial charge in [-0.25, -0.2) is 0 Å². The molecule has 110 valence electrons. The molecule has 0 amide bonds. The van der Waals surface area contributed by atoms with E-state index in [-0.39, 0.29) is 5.78 Å². The molecule has 0 saturated heterocycles. The summed E-state index contributed by atoms with van der Waals surface area (Å²) in [5.41, 5.74) is 2.94. The van der Waals surface area contributed by atoms with E-state index < -0.39 is 6.10 Å². The number of para-hydroxylation sites is 1. The van der Waals surface area contributed by atoms with Crippen LogP contribution in [0.5, 0.6) is 0 Å². The number of rotatable bonds is 1. The Morgan fingerprint density at radius 1 is 1.14 bits per heavy atom. The predicted molar refractivity (Wildman–Crippen MR) is 88.1 cm³/mol. The molecule has 4 heteroatoms. The standard InChI is InChI=1S/C18H15NO2S/c1-2-19-13-9-5-6-10-14(13)22-18(19)15-16(20)11-7-3-4-8-12(11)17(15)21/h3-10,16,20H,2H2,1H3. The summed E-state index contributed by atoms with van der Waals surface area (Å²) in [6.07, 6.45) is -0.838. The maximum atomic E-state index is 12.7. The van der Waals surface area contributed by atoms with Gasteiger partial charge in [0, 0.05) is 17.0 Å². The van der Waals surface area contributed by atoms with Crippen molar-refractivity contribution in [1.82, 2.24) is 0 Å². The van der Waals surface area contributed by atoms with E-state index in [0.717, 1.165) is 22.2 Å². The minimum Gasteiger partial charge on any atom is -0.383 e. The summed E-state index contributed by atoms with van der Waals surface area (Å²) in [5, 5.41) is 11.5. The fourth-order valence-electron chi connectivity index (χ4n) is 3.13. The number of nitrogens with zero attached hydrogens (tertiary/aromatic N) is 1. The fourth-order valence-corrected chi connectivity index (χ4v) is 4.42. The molecular formula is C18H15NO2S. The second-order valence-corrected chi connectivity index (χ2v) is 6.38. The fraction of sp³-hybridized carbons (Fsp3) is 0.167. The number of carbonyl (C=O) groups is 1. The van der Waals surface area contributed by atoms with Crippen LogP contribution in [0.3, 0.4) is 0 Å². The summed E-state index contributed by atoms with van der Waals surface area (Å²) in [7, 11) is 0. The Bertz CT molecular complexity index is 812. The highest BCUT2D eigenvalue weighted by molar-refractivity contribution is 8.03. The SMILES string of the molecule is CCN1C(=C2C(=O)c3ccccc3C2O)Sc2ccccc21. The van der Waals surface area contributed by atoms with Gasteiger partial charge in [-0.2, -0.15) is 0 Å². The van der Waals surface area contributed by atoms with Crippen LogP contribution in [-0.2, 0) is 0 Å². The largest absolute Gasteiger partial charge is 0.383 e. The van der Waals surface area contributed by atoms with E-state index in [4.69, 9.17) is 0 Å². The van der Waals surface area contributed by atoms with E-state index in [1.165, 1.54) is 0 Å². The first-order chi connectivity index (χ1) is 10.7. The number of aliphatic hydroxyl groups excluding tert-OH is 1. The van der Waals surface area contributed by atoms with Crippen molar-refractivity contribution in [3.8, 4) is 0 Å². The number of fused-ring (bicyclic) bond motifs is 2. The molecule has 1 aliphatic heterocycles. The molecule has 1 N–H and O–H groups in total. The number of benzene rings is 2. The second kappa shape index (κ2) is 5.00. The Balaban J connectivity index is 1.89. The minimum absolute atomic E-state index is 0.0585. The van der Waals surface area contributed by atoms with Crippen LogP contribution in [0.2, 0.25) is 0 Å². The van der Waals surface area contributed by atoms with Gasteiger partial charge in [0.25, 0.3) is 0 Å². The number of aliphatic hydroxyl groups is 1. The number of carbonyl (C=O) groups excluding carboxylic acids is 1. The first-order valence-corrected chi connectivity index (χ1v) is 8.14. The summed E-state index contributed by atoms with van der Waals surface area (Å²) in [6, 6.07) is 15.4. The molecule has 1 atom stereocenters. The monoisotopic (exact) mass is 309 g/mol. The van der Waals surface area contributed by atoms with Gasteiger partial charge >= 0.3 is 0 Å². The molecule has 0 radical (unpaired) electrons. The lowest BCUT2D eigenvalue weighted by atomic mass is 10.1. The van der Waals surface area contributed by atoms with Crippen molar-refractivity contribution in [2.24, 2.45) is 0 Å². The van der Waals surface area contributed by atoms with E-state index >= 15 is 0 Å². The first kappa shape index (κ1) is 13.6. The van der Waals surface area contributed by atoms with Gasteiger partial charge in [-0.15, -0.1) is 0 Å². The van der Waals surface area contributed by atoms with Crippen LogP contribution in [0, 0.1) is 0 Å². The Labute approximate surface area is 133 Å². The van der Waals surface area contributed by atoms with Crippen molar-refractivity contribution in [1.29, 1.82) is 0 Å². The molecule has 0 bridgehead atoms. The van der Waals surface area contributed by atoms with E-state index in [1.807, 2.05) is 30.3 Å². The maximum Gasteiger partial charge on any atom is 0.195 e. The molecule has 1 unspecified atom stereocenters. The minimum atomic E-state index is -0.838. The summed E-state index contributed by atoms with van der Waals surface area (Å²) in [6.45, 7) is 2.82. The van der Waals surface area contributed by atoms with Crippen LogP contribution < -0.4 is 4.90 Å². The van der Waals surface area contributed by atoms with E-state index in [2.05, 4.69) is 24.0 Å². The van der Waals surface area contributed by atoms with Gasteiger partial charge in [0.2, 0.25) is 0 Å². The molecule has 0 saturated carbocycles. The topological polar surface area (TPSA) is 40.5 Å². The number of ketones is 1. The summed E-state index contributed by atoms with van der Waals surface area (Å²) >= 11 is 1.57. The van der Waals surface area contributed by atoms with Gasteiger partial charge in [-0.3, -0.25) is 4.79 Å². The third-order valence-corrected chi connectivity index (χ3v) is 5.37. The molecular weight excluding hydrogens is 294 g/mol. The average molecular weight is 309 g/mol. The van der Waals surface area contributed by atoms with E-state index in [9.17, 15) is 9.90 Å².